The minimum atomic E-state index is 0.589. The van der Waals surface area contributed by atoms with Gasteiger partial charge in [0.2, 0.25) is 0 Å². The Morgan fingerprint density at radius 3 is 2.68 bits per heavy atom. The first-order valence-electron chi connectivity index (χ1n) is 7.75. The molecule has 0 saturated heterocycles. The molecular formula is C19H14ClN5. The van der Waals surface area contributed by atoms with E-state index in [1.807, 2.05) is 49.5 Å². The molecule has 4 aromatic rings. The van der Waals surface area contributed by atoms with Gasteiger partial charge in [0.25, 0.3) is 0 Å². The van der Waals surface area contributed by atoms with Crippen LogP contribution >= 0.6 is 11.6 Å². The highest BCUT2D eigenvalue weighted by Crippen LogP contribution is 2.28. The molecule has 3 heterocycles. The zero-order valence-corrected chi connectivity index (χ0v) is 14.2. The minimum Gasteiger partial charge on any atom is -0.338 e. The first kappa shape index (κ1) is 15.5. The summed E-state index contributed by atoms with van der Waals surface area (Å²) in [5, 5.41) is 4.86. The molecule has 4 rings (SSSR count). The molecule has 1 N–H and O–H groups in total. The van der Waals surface area contributed by atoms with Gasteiger partial charge in [0.1, 0.15) is 5.82 Å². The van der Waals surface area contributed by atoms with Gasteiger partial charge in [-0.25, -0.2) is 9.97 Å². The summed E-state index contributed by atoms with van der Waals surface area (Å²) >= 11 is 6.15. The number of benzene rings is 1. The number of fused-ring (bicyclic) bond motifs is 1. The summed E-state index contributed by atoms with van der Waals surface area (Å²) < 4.78 is 0. The number of halogens is 1. The molecule has 0 radical (unpaired) electrons. The molecule has 0 aliphatic heterocycles. The second-order valence-corrected chi connectivity index (χ2v) is 6.11. The standard InChI is InChI=1S/C19H14ClN5/c1-12-7-15(11-22-9-12)23-19-16-5-4-14(20)8-17(16)24-18(25-19)13-3-2-6-21-10-13/h2-11H,1H3,(H,23,24,25). The summed E-state index contributed by atoms with van der Waals surface area (Å²) in [5.41, 5.74) is 3.55. The third kappa shape index (κ3) is 3.27. The van der Waals surface area contributed by atoms with Crippen molar-refractivity contribution in [1.82, 2.24) is 19.9 Å². The highest BCUT2D eigenvalue weighted by molar-refractivity contribution is 6.31. The zero-order chi connectivity index (χ0) is 17.2. The molecule has 6 heteroatoms. The quantitative estimate of drug-likeness (QED) is 0.577. The van der Waals surface area contributed by atoms with Gasteiger partial charge in [-0.3, -0.25) is 9.97 Å². The smallest absolute Gasteiger partial charge is 0.163 e. The lowest BCUT2D eigenvalue weighted by molar-refractivity contribution is 1.20. The topological polar surface area (TPSA) is 63.6 Å². The van der Waals surface area contributed by atoms with E-state index in [2.05, 4.69) is 20.3 Å². The van der Waals surface area contributed by atoms with Gasteiger partial charge in [-0.05, 0) is 48.9 Å². The van der Waals surface area contributed by atoms with Crippen molar-refractivity contribution < 1.29 is 0 Å². The van der Waals surface area contributed by atoms with E-state index in [4.69, 9.17) is 16.6 Å². The number of hydrogen-bond donors (Lipinski definition) is 1. The Morgan fingerprint density at radius 2 is 1.88 bits per heavy atom. The van der Waals surface area contributed by atoms with Crippen LogP contribution in [0.1, 0.15) is 5.56 Å². The van der Waals surface area contributed by atoms with Gasteiger partial charge < -0.3 is 5.32 Å². The number of nitrogens with one attached hydrogen (secondary N) is 1. The monoisotopic (exact) mass is 347 g/mol. The van der Waals surface area contributed by atoms with Gasteiger partial charge >= 0.3 is 0 Å². The number of rotatable bonds is 3. The summed E-state index contributed by atoms with van der Waals surface area (Å²) in [5.74, 6) is 1.29. The van der Waals surface area contributed by atoms with Gasteiger partial charge in [-0.1, -0.05) is 11.6 Å². The fourth-order valence-electron chi connectivity index (χ4n) is 2.58. The molecular weight excluding hydrogens is 334 g/mol. The third-order valence-electron chi connectivity index (χ3n) is 3.72. The second kappa shape index (κ2) is 6.45. The summed E-state index contributed by atoms with van der Waals surface area (Å²) in [7, 11) is 0. The van der Waals surface area contributed by atoms with Gasteiger partial charge in [0.05, 0.1) is 17.4 Å². The van der Waals surface area contributed by atoms with Crippen molar-refractivity contribution in [3.8, 4) is 11.4 Å². The van der Waals surface area contributed by atoms with Crippen molar-refractivity contribution in [1.29, 1.82) is 0 Å². The van der Waals surface area contributed by atoms with E-state index < -0.39 is 0 Å². The molecule has 0 fully saturated rings. The van der Waals surface area contributed by atoms with Crippen LogP contribution in [0.5, 0.6) is 0 Å². The highest BCUT2D eigenvalue weighted by atomic mass is 35.5. The van der Waals surface area contributed by atoms with E-state index in [9.17, 15) is 0 Å². The predicted molar refractivity (Wildman–Crippen MR) is 100 cm³/mol. The molecule has 25 heavy (non-hydrogen) atoms. The molecule has 0 amide bonds. The lowest BCUT2D eigenvalue weighted by Crippen LogP contribution is -2.00. The molecule has 0 spiro atoms. The number of anilines is 2. The van der Waals surface area contributed by atoms with Crippen molar-refractivity contribution in [2.24, 2.45) is 0 Å². The molecule has 0 atom stereocenters. The Balaban J connectivity index is 1.89. The fourth-order valence-corrected chi connectivity index (χ4v) is 2.75. The molecule has 0 saturated carbocycles. The lowest BCUT2D eigenvalue weighted by Gasteiger charge is -2.11. The summed E-state index contributed by atoms with van der Waals surface area (Å²) in [6, 6.07) is 11.4. The SMILES string of the molecule is Cc1cncc(Nc2nc(-c3cccnc3)nc3cc(Cl)ccc23)c1. The molecule has 0 aliphatic carbocycles. The summed E-state index contributed by atoms with van der Waals surface area (Å²) in [6.07, 6.45) is 7.04. The predicted octanol–water partition coefficient (Wildman–Crippen LogP) is 4.79. The van der Waals surface area contributed by atoms with Crippen LogP contribution < -0.4 is 5.32 Å². The van der Waals surface area contributed by atoms with Gasteiger partial charge in [0, 0.05) is 34.6 Å². The molecule has 1 aromatic carbocycles. The molecule has 0 aliphatic rings. The van der Waals surface area contributed by atoms with Gasteiger partial charge in [-0.2, -0.15) is 0 Å². The first-order valence-corrected chi connectivity index (χ1v) is 8.13. The maximum Gasteiger partial charge on any atom is 0.163 e. The molecule has 5 nitrogen and oxygen atoms in total. The Hall–Kier alpha value is -3.05. The number of pyridine rings is 2. The maximum absolute atomic E-state index is 6.15. The average molecular weight is 348 g/mol. The van der Waals surface area contributed by atoms with Gasteiger partial charge in [0.15, 0.2) is 5.82 Å². The van der Waals surface area contributed by atoms with E-state index in [0.29, 0.717) is 16.7 Å². The second-order valence-electron chi connectivity index (χ2n) is 5.67. The number of aryl methyl sites for hydroxylation is 1. The first-order chi connectivity index (χ1) is 12.2. The van der Waals surface area contributed by atoms with Crippen LogP contribution in [0.15, 0.2) is 61.2 Å². The van der Waals surface area contributed by atoms with E-state index in [1.165, 1.54) is 0 Å². The fraction of sp³-hybridized carbons (Fsp3) is 0.0526. The van der Waals surface area contributed by atoms with E-state index in [1.54, 1.807) is 18.6 Å². The Bertz CT molecular complexity index is 1050. The molecule has 3 aromatic heterocycles. The van der Waals surface area contributed by atoms with Crippen molar-refractivity contribution >= 4 is 34.0 Å². The van der Waals surface area contributed by atoms with Crippen molar-refractivity contribution in [3.05, 3.63) is 71.8 Å². The molecule has 0 unspecified atom stereocenters. The van der Waals surface area contributed by atoms with Crippen molar-refractivity contribution in [2.75, 3.05) is 5.32 Å². The Kier molecular flexibility index (Phi) is 3.99. The van der Waals surface area contributed by atoms with Crippen molar-refractivity contribution in [3.63, 3.8) is 0 Å². The highest BCUT2D eigenvalue weighted by Gasteiger charge is 2.11. The zero-order valence-electron chi connectivity index (χ0n) is 13.4. The van der Waals surface area contributed by atoms with Crippen LogP contribution in [0, 0.1) is 6.92 Å². The normalized spacial score (nSPS) is 10.8. The Labute approximate surface area is 149 Å². The summed E-state index contributed by atoms with van der Waals surface area (Å²) in [4.78, 5) is 17.7. The van der Waals surface area contributed by atoms with Crippen LogP contribution in [0.2, 0.25) is 5.02 Å². The molecule has 122 valence electrons. The van der Waals surface area contributed by atoms with Crippen LogP contribution in [-0.2, 0) is 0 Å². The van der Waals surface area contributed by atoms with Crippen molar-refractivity contribution in [2.45, 2.75) is 6.92 Å². The number of hydrogen-bond acceptors (Lipinski definition) is 5. The largest absolute Gasteiger partial charge is 0.338 e. The third-order valence-corrected chi connectivity index (χ3v) is 3.95. The Morgan fingerprint density at radius 1 is 0.960 bits per heavy atom. The van der Waals surface area contributed by atoms with Crippen LogP contribution in [0.3, 0.4) is 0 Å². The van der Waals surface area contributed by atoms with Crippen LogP contribution in [0.25, 0.3) is 22.3 Å². The number of nitrogens with zero attached hydrogens (tertiary/aromatic N) is 4. The molecule has 0 bridgehead atoms. The summed E-state index contributed by atoms with van der Waals surface area (Å²) in [6.45, 7) is 2.00. The van der Waals surface area contributed by atoms with E-state index >= 15 is 0 Å². The van der Waals surface area contributed by atoms with E-state index in [-0.39, 0.29) is 0 Å². The number of aromatic nitrogens is 4. The van der Waals surface area contributed by atoms with Crippen LogP contribution in [0.4, 0.5) is 11.5 Å². The van der Waals surface area contributed by atoms with Crippen LogP contribution in [-0.4, -0.2) is 19.9 Å². The lowest BCUT2D eigenvalue weighted by atomic mass is 10.2. The maximum atomic E-state index is 6.15. The minimum absolute atomic E-state index is 0.589. The van der Waals surface area contributed by atoms with Gasteiger partial charge in [-0.15, -0.1) is 0 Å². The van der Waals surface area contributed by atoms with E-state index in [0.717, 1.165) is 27.7 Å². The average Bonchev–Trinajstić information content (AvgIpc) is 2.62.